The van der Waals surface area contributed by atoms with Crippen molar-refractivity contribution in [2.45, 2.75) is 40.0 Å². The number of esters is 1. The summed E-state index contributed by atoms with van der Waals surface area (Å²) < 4.78 is 19.6. The van der Waals surface area contributed by atoms with Gasteiger partial charge in [-0.3, -0.25) is 9.59 Å². The molecule has 0 fully saturated rings. The zero-order valence-corrected chi connectivity index (χ0v) is 20.4. The Morgan fingerprint density at radius 3 is 2.22 bits per heavy atom. The van der Waals surface area contributed by atoms with E-state index in [1.54, 1.807) is 18.2 Å². The van der Waals surface area contributed by atoms with Crippen LogP contribution in [0.15, 0.2) is 71.8 Å². The molecule has 1 aromatic heterocycles. The van der Waals surface area contributed by atoms with E-state index in [-0.39, 0.29) is 11.7 Å². The highest BCUT2D eigenvalue weighted by molar-refractivity contribution is 6.08. The molecule has 0 bridgehead atoms. The summed E-state index contributed by atoms with van der Waals surface area (Å²) in [4.78, 5) is 24.3. The molecular weight excluding hydrogens is 458 g/mol. The smallest absolute Gasteiger partial charge is 0.308 e. The highest BCUT2D eigenvalue weighted by atomic mass is 16.6. The molecule has 2 heterocycles. The van der Waals surface area contributed by atoms with Crippen LogP contribution in [0.4, 0.5) is 0 Å². The Hall–Kier alpha value is -4.33. The van der Waals surface area contributed by atoms with Gasteiger partial charge >= 0.3 is 5.97 Å². The Morgan fingerprint density at radius 1 is 0.944 bits per heavy atom. The average Bonchev–Trinajstić information content (AvgIpc) is 3.43. The summed E-state index contributed by atoms with van der Waals surface area (Å²) in [5, 5.41) is 8.13. The number of hydrogen-bond donors (Lipinski definition) is 0. The third-order valence-corrected chi connectivity index (χ3v) is 6.06. The molecule has 0 saturated heterocycles. The lowest BCUT2D eigenvalue weighted by Crippen LogP contribution is -2.26. The van der Waals surface area contributed by atoms with Gasteiger partial charge in [-0.25, -0.2) is 0 Å². The number of amides is 1. The van der Waals surface area contributed by atoms with E-state index in [4.69, 9.17) is 14.2 Å². The van der Waals surface area contributed by atoms with E-state index in [9.17, 15) is 9.59 Å². The van der Waals surface area contributed by atoms with Crippen molar-refractivity contribution in [2.24, 2.45) is 5.10 Å². The van der Waals surface area contributed by atoms with Crippen LogP contribution in [-0.2, 0) is 20.9 Å². The summed E-state index contributed by atoms with van der Waals surface area (Å²) in [6.45, 7) is 5.58. The fraction of sp³-hybridized carbons (Fsp3) is 0.250. The number of hydrogen-bond acceptors (Lipinski definition) is 6. The fourth-order valence-corrected chi connectivity index (χ4v) is 4.62. The van der Waals surface area contributed by atoms with E-state index in [2.05, 4.69) is 33.9 Å². The Bertz CT molecular complexity index is 1440. The summed E-state index contributed by atoms with van der Waals surface area (Å²) in [7, 11) is 0. The lowest BCUT2D eigenvalue weighted by atomic mass is 10.1. The van der Waals surface area contributed by atoms with E-state index in [0.29, 0.717) is 36.8 Å². The molecule has 4 aromatic rings. The Labute approximate surface area is 208 Å². The van der Waals surface area contributed by atoms with Crippen LogP contribution >= 0.6 is 0 Å². The van der Waals surface area contributed by atoms with Crippen molar-refractivity contribution in [2.75, 3.05) is 6.61 Å². The first-order chi connectivity index (χ1) is 17.5. The van der Waals surface area contributed by atoms with Crippen molar-refractivity contribution < 1.29 is 23.8 Å². The first-order valence-corrected chi connectivity index (χ1v) is 11.9. The quantitative estimate of drug-likeness (QED) is 0.259. The molecule has 0 saturated carbocycles. The molecule has 0 aliphatic carbocycles. The van der Waals surface area contributed by atoms with Gasteiger partial charge in [-0.2, -0.15) is 5.01 Å². The Balaban J connectivity index is 1.45. The first-order valence-electron chi connectivity index (χ1n) is 11.9. The number of para-hydroxylation sites is 3. The Kier molecular flexibility index (Phi) is 6.33. The van der Waals surface area contributed by atoms with Crippen LogP contribution in [0.2, 0.25) is 0 Å². The highest BCUT2D eigenvalue weighted by Crippen LogP contribution is 2.40. The third-order valence-electron chi connectivity index (χ3n) is 6.06. The van der Waals surface area contributed by atoms with Crippen LogP contribution in [0.3, 0.4) is 0 Å². The summed E-state index contributed by atoms with van der Waals surface area (Å²) in [6.07, 6.45) is -0.401. The van der Waals surface area contributed by atoms with Crippen LogP contribution in [0.1, 0.15) is 39.0 Å². The van der Waals surface area contributed by atoms with Crippen molar-refractivity contribution in [3.05, 3.63) is 72.3 Å². The van der Waals surface area contributed by atoms with Gasteiger partial charge in [0.1, 0.15) is 0 Å². The number of hydrazone groups is 1. The Morgan fingerprint density at radius 2 is 1.61 bits per heavy atom. The normalized spacial score (nSPS) is 15.1. The van der Waals surface area contributed by atoms with E-state index in [1.165, 1.54) is 29.6 Å². The van der Waals surface area contributed by atoms with Gasteiger partial charge in [-0.05, 0) is 31.2 Å². The van der Waals surface area contributed by atoms with Gasteiger partial charge in [0.25, 0.3) is 0 Å². The molecule has 0 N–H and O–H groups in total. The number of carbonyl (C=O) groups is 2. The van der Waals surface area contributed by atoms with Crippen molar-refractivity contribution in [3.63, 3.8) is 0 Å². The second-order valence-electron chi connectivity index (χ2n) is 8.46. The molecule has 36 heavy (non-hydrogen) atoms. The number of aromatic nitrogens is 1. The predicted octanol–water partition coefficient (Wildman–Crippen LogP) is 5.40. The molecule has 5 rings (SSSR count). The van der Waals surface area contributed by atoms with Gasteiger partial charge < -0.3 is 18.8 Å². The zero-order chi connectivity index (χ0) is 25.2. The van der Waals surface area contributed by atoms with Crippen LogP contribution < -0.4 is 9.47 Å². The van der Waals surface area contributed by atoms with Crippen LogP contribution in [0.5, 0.6) is 11.5 Å². The van der Waals surface area contributed by atoms with Gasteiger partial charge in [0, 0.05) is 48.6 Å². The van der Waals surface area contributed by atoms with Gasteiger partial charge in [0.15, 0.2) is 11.5 Å². The maximum atomic E-state index is 12.5. The molecule has 1 unspecified atom stereocenters. The minimum absolute atomic E-state index is 0.224. The number of ether oxygens (including phenoxy) is 3. The van der Waals surface area contributed by atoms with Crippen molar-refractivity contribution in [1.29, 1.82) is 0 Å². The largest absolute Gasteiger partial charge is 0.490 e. The molecule has 8 heteroatoms. The van der Waals surface area contributed by atoms with Gasteiger partial charge in [0.05, 0.1) is 12.2 Å². The number of aryl methyl sites for hydroxylation is 1. The van der Waals surface area contributed by atoms with Gasteiger partial charge in [0.2, 0.25) is 18.0 Å². The summed E-state index contributed by atoms with van der Waals surface area (Å²) in [5.74, 6) is 0.261. The molecule has 0 radical (unpaired) electrons. The summed E-state index contributed by atoms with van der Waals surface area (Å²) in [5.41, 5.74) is 2.74. The average molecular weight is 486 g/mol. The summed E-state index contributed by atoms with van der Waals surface area (Å²) in [6, 6.07) is 21.8. The maximum Gasteiger partial charge on any atom is 0.308 e. The van der Waals surface area contributed by atoms with Gasteiger partial charge in [-0.15, -0.1) is 5.10 Å². The molecular formula is C28H27N3O5. The number of benzene rings is 3. The van der Waals surface area contributed by atoms with Crippen molar-refractivity contribution in [1.82, 2.24) is 9.58 Å². The lowest BCUT2D eigenvalue weighted by molar-refractivity contribution is -0.135. The van der Waals surface area contributed by atoms with E-state index in [1.807, 2.05) is 31.2 Å². The van der Waals surface area contributed by atoms with Crippen LogP contribution in [0, 0.1) is 0 Å². The molecule has 0 spiro atoms. The molecule has 1 atom stereocenters. The topological polar surface area (TPSA) is 82.4 Å². The molecule has 1 amide bonds. The number of fused-ring (bicyclic) bond motifs is 3. The van der Waals surface area contributed by atoms with E-state index >= 15 is 0 Å². The van der Waals surface area contributed by atoms with E-state index < -0.39 is 12.2 Å². The van der Waals surface area contributed by atoms with Crippen LogP contribution in [-0.4, -0.2) is 34.0 Å². The molecule has 8 nitrogen and oxygen atoms in total. The predicted molar refractivity (Wildman–Crippen MR) is 137 cm³/mol. The molecule has 1 aliphatic heterocycles. The minimum atomic E-state index is -0.870. The van der Waals surface area contributed by atoms with Gasteiger partial charge in [-0.1, -0.05) is 42.5 Å². The van der Waals surface area contributed by atoms with Crippen molar-refractivity contribution in [3.8, 4) is 11.5 Å². The monoisotopic (exact) mass is 485 g/mol. The van der Waals surface area contributed by atoms with E-state index in [0.717, 1.165) is 11.0 Å². The standard InChI is InChI=1S/C28H27N3O5/c1-4-34-25-15-9-12-22(27(25)35-19(3)33)28-31(18(2)32)29-26(36-28)16-17-30-23-13-7-5-10-20(23)21-11-6-8-14-24(21)30/h5-15,28H,4,16-17H2,1-3H3. The van der Waals surface area contributed by atoms with Crippen molar-refractivity contribution >= 4 is 39.6 Å². The lowest BCUT2D eigenvalue weighted by Gasteiger charge is -2.22. The SMILES string of the molecule is CCOc1cccc(C2OC(CCn3c4ccccc4c4ccccc43)=NN2C(C)=O)c1OC(C)=O. The first kappa shape index (κ1) is 23.4. The third kappa shape index (κ3) is 4.26. The minimum Gasteiger partial charge on any atom is -0.490 e. The number of carbonyl (C=O) groups excluding carboxylic acids is 2. The highest BCUT2D eigenvalue weighted by Gasteiger charge is 2.35. The second kappa shape index (κ2) is 9.73. The number of nitrogens with zero attached hydrogens (tertiary/aromatic N) is 3. The number of rotatable bonds is 7. The molecule has 184 valence electrons. The fourth-order valence-electron chi connectivity index (χ4n) is 4.62. The van der Waals surface area contributed by atoms with Crippen LogP contribution in [0.25, 0.3) is 21.8 Å². The second-order valence-corrected chi connectivity index (χ2v) is 8.46. The zero-order valence-electron chi connectivity index (χ0n) is 20.4. The summed E-state index contributed by atoms with van der Waals surface area (Å²) >= 11 is 0. The molecule has 1 aliphatic rings. The maximum absolute atomic E-state index is 12.5. The molecule has 3 aromatic carbocycles.